The Kier molecular flexibility index (Phi) is 6.09. The van der Waals surface area contributed by atoms with Gasteiger partial charge in [-0.1, -0.05) is 33.6 Å². The van der Waals surface area contributed by atoms with Crippen LogP contribution >= 0.6 is 0 Å². The summed E-state index contributed by atoms with van der Waals surface area (Å²) in [6.45, 7) is 6.91. The molecule has 0 amide bonds. The summed E-state index contributed by atoms with van der Waals surface area (Å²) in [4.78, 5) is 11.1. The topological polar surface area (TPSA) is 66.8 Å². The number of hydrogen-bond donors (Lipinski definition) is 2. The Bertz CT molecular complexity index is 263. The molecule has 0 aromatic carbocycles. The maximum Gasteiger partial charge on any atom is 0.363 e. The minimum absolute atomic E-state index is 0.315. The minimum atomic E-state index is -2.01. The van der Waals surface area contributed by atoms with Gasteiger partial charge in [0.2, 0.25) is 0 Å². The summed E-state index contributed by atoms with van der Waals surface area (Å²) in [7, 11) is 0. The van der Waals surface area contributed by atoms with E-state index in [4.69, 9.17) is 14.9 Å². The summed E-state index contributed by atoms with van der Waals surface area (Å²) in [5, 5.41) is 17.4. The maximum absolute atomic E-state index is 11.1. The fraction of sp³-hybridized carbons (Fsp3) is 0.929. The molecule has 0 bridgehead atoms. The number of carbonyl (C=O) groups is 1. The van der Waals surface area contributed by atoms with E-state index in [1.165, 1.54) is 12.8 Å². The van der Waals surface area contributed by atoms with Crippen molar-refractivity contribution in [3.05, 3.63) is 0 Å². The molecule has 0 aliphatic heterocycles. The van der Waals surface area contributed by atoms with E-state index in [1.807, 2.05) is 0 Å². The third kappa shape index (κ3) is 4.25. The first-order valence-electron chi connectivity index (χ1n) is 6.98. The first-order chi connectivity index (χ1) is 8.45. The van der Waals surface area contributed by atoms with Crippen LogP contribution in [0.1, 0.15) is 46.5 Å². The summed E-state index contributed by atoms with van der Waals surface area (Å²) < 4.78 is 4.98. The highest BCUT2D eigenvalue weighted by atomic mass is 16.6. The molecule has 1 aliphatic rings. The van der Waals surface area contributed by atoms with Crippen molar-refractivity contribution < 1.29 is 19.7 Å². The van der Waals surface area contributed by atoms with Gasteiger partial charge in [0.05, 0.1) is 6.61 Å². The van der Waals surface area contributed by atoms with Crippen molar-refractivity contribution in [1.82, 2.24) is 0 Å². The summed E-state index contributed by atoms with van der Waals surface area (Å²) in [6.07, 6.45) is 2.67. The second-order valence-corrected chi connectivity index (χ2v) is 5.76. The number of aliphatic hydroxyl groups excluding tert-OH is 1. The quantitative estimate of drug-likeness (QED) is 0.584. The van der Waals surface area contributed by atoms with E-state index in [-0.39, 0.29) is 0 Å². The Labute approximate surface area is 109 Å². The number of esters is 1. The monoisotopic (exact) mass is 258 g/mol. The number of carbonyl (C=O) groups excluding carboxylic acids is 1. The molecule has 1 rings (SSSR count). The van der Waals surface area contributed by atoms with E-state index in [0.717, 1.165) is 12.8 Å². The lowest BCUT2D eigenvalue weighted by Gasteiger charge is -2.37. The van der Waals surface area contributed by atoms with Crippen LogP contribution in [0.2, 0.25) is 0 Å². The third-order valence-electron chi connectivity index (χ3n) is 4.23. The molecule has 18 heavy (non-hydrogen) atoms. The molecule has 1 fully saturated rings. The van der Waals surface area contributed by atoms with Gasteiger partial charge < -0.3 is 14.9 Å². The Morgan fingerprint density at radius 1 is 1.33 bits per heavy atom. The second-order valence-electron chi connectivity index (χ2n) is 5.76. The molecule has 4 nitrogen and oxygen atoms in total. The molecule has 0 spiro atoms. The van der Waals surface area contributed by atoms with Crippen molar-refractivity contribution >= 4 is 5.97 Å². The molecule has 0 radical (unpaired) electrons. The number of ether oxygens (including phenoxy) is 1. The van der Waals surface area contributed by atoms with Gasteiger partial charge in [0.15, 0.2) is 0 Å². The Morgan fingerprint density at radius 3 is 2.50 bits per heavy atom. The van der Waals surface area contributed by atoms with Gasteiger partial charge in [0.25, 0.3) is 6.29 Å². The van der Waals surface area contributed by atoms with Crippen molar-refractivity contribution in [3.8, 4) is 0 Å². The smallest absolute Gasteiger partial charge is 0.363 e. The summed E-state index contributed by atoms with van der Waals surface area (Å²) in [5.41, 5.74) is 0. The van der Waals surface area contributed by atoms with Crippen LogP contribution in [0, 0.1) is 23.7 Å². The maximum atomic E-state index is 11.1. The van der Waals surface area contributed by atoms with E-state index in [2.05, 4.69) is 20.8 Å². The lowest BCUT2D eigenvalue weighted by Crippen LogP contribution is -2.33. The van der Waals surface area contributed by atoms with Crippen molar-refractivity contribution in [2.45, 2.75) is 52.7 Å². The summed E-state index contributed by atoms with van der Waals surface area (Å²) >= 11 is 0. The molecular formula is C14H26O4. The minimum Gasteiger partial charge on any atom is -0.462 e. The summed E-state index contributed by atoms with van der Waals surface area (Å²) in [5.74, 6) is 1.27. The first kappa shape index (κ1) is 15.4. The fourth-order valence-corrected chi connectivity index (χ4v) is 3.09. The summed E-state index contributed by atoms with van der Waals surface area (Å²) in [6, 6.07) is 0. The predicted octanol–water partition coefficient (Wildman–Crippen LogP) is 1.94. The zero-order valence-electron chi connectivity index (χ0n) is 11.6. The van der Waals surface area contributed by atoms with Crippen LogP contribution in [0.15, 0.2) is 0 Å². The molecule has 0 aromatic rings. The van der Waals surface area contributed by atoms with E-state index in [1.54, 1.807) is 0 Å². The van der Waals surface area contributed by atoms with Gasteiger partial charge in [-0.2, -0.15) is 0 Å². The fourth-order valence-electron chi connectivity index (χ4n) is 3.09. The van der Waals surface area contributed by atoms with Crippen LogP contribution in [-0.4, -0.2) is 29.1 Å². The molecule has 1 aliphatic carbocycles. The van der Waals surface area contributed by atoms with E-state index >= 15 is 0 Å². The molecule has 1 unspecified atom stereocenters. The molecule has 1 saturated carbocycles. The van der Waals surface area contributed by atoms with Crippen LogP contribution in [0.5, 0.6) is 0 Å². The third-order valence-corrected chi connectivity index (χ3v) is 4.23. The lowest BCUT2D eigenvalue weighted by molar-refractivity contribution is -0.175. The van der Waals surface area contributed by atoms with Crippen LogP contribution in [0.4, 0.5) is 0 Å². The van der Waals surface area contributed by atoms with E-state index in [9.17, 15) is 4.79 Å². The van der Waals surface area contributed by atoms with Crippen LogP contribution in [0.25, 0.3) is 0 Å². The van der Waals surface area contributed by atoms with Gasteiger partial charge in [-0.05, 0) is 36.5 Å². The van der Waals surface area contributed by atoms with Gasteiger partial charge in [-0.25, -0.2) is 4.79 Å². The Morgan fingerprint density at radius 2 is 2.00 bits per heavy atom. The standard InChI is InChI=1S/C14H26O4/c1-4-10-5-6-12(9(2)3)11(7-10)8-18-14(17)13(15)16/h9-13,15-16H,4-8H2,1-3H3/t10-,11?,12+/m1/s1. The van der Waals surface area contributed by atoms with Gasteiger partial charge in [0.1, 0.15) is 0 Å². The zero-order chi connectivity index (χ0) is 13.7. The highest BCUT2D eigenvalue weighted by molar-refractivity contribution is 5.72. The molecule has 0 saturated heterocycles. The van der Waals surface area contributed by atoms with Crippen LogP contribution in [0.3, 0.4) is 0 Å². The van der Waals surface area contributed by atoms with Gasteiger partial charge in [0, 0.05) is 0 Å². The number of hydrogen-bond acceptors (Lipinski definition) is 4. The van der Waals surface area contributed by atoms with Crippen molar-refractivity contribution in [1.29, 1.82) is 0 Å². The molecule has 2 N–H and O–H groups in total. The van der Waals surface area contributed by atoms with Gasteiger partial charge in [-0.15, -0.1) is 0 Å². The highest BCUT2D eigenvalue weighted by Gasteiger charge is 2.32. The predicted molar refractivity (Wildman–Crippen MR) is 68.6 cm³/mol. The Balaban J connectivity index is 2.53. The normalized spacial score (nSPS) is 28.7. The van der Waals surface area contributed by atoms with Crippen LogP contribution in [-0.2, 0) is 9.53 Å². The Hall–Kier alpha value is -0.610. The van der Waals surface area contributed by atoms with Crippen LogP contribution < -0.4 is 0 Å². The molecular weight excluding hydrogens is 232 g/mol. The molecule has 0 heterocycles. The second kappa shape index (κ2) is 7.10. The highest BCUT2D eigenvalue weighted by Crippen LogP contribution is 2.39. The molecule has 3 atom stereocenters. The average Bonchev–Trinajstić information content (AvgIpc) is 2.34. The van der Waals surface area contributed by atoms with Crippen molar-refractivity contribution in [3.63, 3.8) is 0 Å². The SMILES string of the molecule is CC[C@@H]1CC[C@@H](C(C)C)C(COC(=O)C(O)O)C1. The van der Waals surface area contributed by atoms with E-state index in [0.29, 0.717) is 30.3 Å². The molecule has 4 heteroatoms. The number of rotatable bonds is 5. The zero-order valence-corrected chi connectivity index (χ0v) is 11.6. The van der Waals surface area contributed by atoms with Crippen molar-refractivity contribution in [2.24, 2.45) is 23.7 Å². The van der Waals surface area contributed by atoms with Gasteiger partial charge in [-0.3, -0.25) is 0 Å². The van der Waals surface area contributed by atoms with Crippen molar-refractivity contribution in [2.75, 3.05) is 6.61 Å². The molecule has 106 valence electrons. The molecule has 0 aromatic heterocycles. The van der Waals surface area contributed by atoms with E-state index < -0.39 is 12.3 Å². The largest absolute Gasteiger partial charge is 0.462 e. The van der Waals surface area contributed by atoms with Gasteiger partial charge >= 0.3 is 5.97 Å². The average molecular weight is 258 g/mol. The lowest BCUT2D eigenvalue weighted by atomic mass is 9.69. The first-order valence-corrected chi connectivity index (χ1v) is 6.98. The number of aliphatic hydroxyl groups is 2.